The van der Waals surface area contributed by atoms with Gasteiger partial charge in [0, 0.05) is 6.61 Å². The molecule has 104 valence electrons. The molecule has 0 atom stereocenters. The molecule has 0 radical (unpaired) electrons. The van der Waals surface area contributed by atoms with Gasteiger partial charge in [-0.2, -0.15) is 0 Å². The molecule has 0 unspecified atom stereocenters. The van der Waals surface area contributed by atoms with Crippen LogP contribution in [0.5, 0.6) is 0 Å². The van der Waals surface area contributed by atoms with Crippen LogP contribution >= 0.6 is 0 Å². The van der Waals surface area contributed by atoms with E-state index in [9.17, 15) is 9.90 Å². The second kappa shape index (κ2) is 6.32. The van der Waals surface area contributed by atoms with Gasteiger partial charge in [-0.25, -0.2) is 5.84 Å². The van der Waals surface area contributed by atoms with Crippen LogP contribution in [0.3, 0.4) is 0 Å². The van der Waals surface area contributed by atoms with E-state index in [-0.39, 0.29) is 18.9 Å². The molecule has 2 aromatic carbocycles. The maximum absolute atomic E-state index is 12.5. The number of aliphatic hydroxyl groups is 1. The van der Waals surface area contributed by atoms with Crippen LogP contribution < -0.4 is 11.3 Å². The van der Waals surface area contributed by atoms with E-state index in [1.54, 1.807) is 0 Å². The minimum Gasteiger partial charge on any atom is -0.396 e. The largest absolute Gasteiger partial charge is 0.396 e. The van der Waals surface area contributed by atoms with E-state index in [0.29, 0.717) is 0 Å². The van der Waals surface area contributed by atoms with E-state index in [2.05, 4.69) is 5.43 Å². The maximum atomic E-state index is 12.5. The standard InChI is InChI=1S/C16H18N2O2/c17-18-15(20)16(11-12-19,13-7-3-1-4-8-13)14-9-5-2-6-10-14/h1-10,19H,11-12,17H2,(H,18,20). The van der Waals surface area contributed by atoms with Gasteiger partial charge in [-0.1, -0.05) is 60.7 Å². The second-order valence-corrected chi connectivity index (χ2v) is 4.58. The minimum absolute atomic E-state index is 0.114. The summed E-state index contributed by atoms with van der Waals surface area (Å²) in [5, 5.41) is 9.45. The fourth-order valence-corrected chi connectivity index (χ4v) is 2.57. The molecule has 0 heterocycles. The molecule has 1 amide bonds. The van der Waals surface area contributed by atoms with Gasteiger partial charge in [0.05, 0.1) is 0 Å². The van der Waals surface area contributed by atoms with Crippen LogP contribution in [0.2, 0.25) is 0 Å². The van der Waals surface area contributed by atoms with Gasteiger partial charge in [0.1, 0.15) is 5.41 Å². The van der Waals surface area contributed by atoms with Crippen molar-refractivity contribution in [2.45, 2.75) is 11.8 Å². The predicted molar refractivity (Wildman–Crippen MR) is 77.7 cm³/mol. The Balaban J connectivity index is 2.66. The van der Waals surface area contributed by atoms with Gasteiger partial charge in [-0.3, -0.25) is 10.2 Å². The predicted octanol–water partition coefficient (Wildman–Crippen LogP) is 1.34. The van der Waals surface area contributed by atoms with Crippen molar-refractivity contribution < 1.29 is 9.90 Å². The third kappa shape index (κ3) is 2.43. The minimum atomic E-state index is -0.980. The normalized spacial score (nSPS) is 11.1. The summed E-state index contributed by atoms with van der Waals surface area (Å²) in [7, 11) is 0. The molecule has 0 aliphatic carbocycles. The third-order valence-electron chi connectivity index (χ3n) is 3.54. The van der Waals surface area contributed by atoms with Gasteiger partial charge in [0.15, 0.2) is 0 Å². The number of rotatable bonds is 5. The molecule has 20 heavy (non-hydrogen) atoms. The molecule has 0 aliphatic rings. The first-order valence-electron chi connectivity index (χ1n) is 6.48. The van der Waals surface area contributed by atoms with Crippen molar-refractivity contribution in [1.82, 2.24) is 5.43 Å². The van der Waals surface area contributed by atoms with E-state index in [0.717, 1.165) is 11.1 Å². The zero-order chi connectivity index (χ0) is 14.4. The van der Waals surface area contributed by atoms with Crippen molar-refractivity contribution in [3.63, 3.8) is 0 Å². The Morgan fingerprint density at radius 3 is 1.80 bits per heavy atom. The van der Waals surface area contributed by atoms with Crippen molar-refractivity contribution in [1.29, 1.82) is 0 Å². The van der Waals surface area contributed by atoms with Crippen LogP contribution in [-0.2, 0) is 10.2 Å². The van der Waals surface area contributed by atoms with Crippen LogP contribution in [0.4, 0.5) is 0 Å². The van der Waals surface area contributed by atoms with Gasteiger partial charge in [-0.15, -0.1) is 0 Å². The highest BCUT2D eigenvalue weighted by Crippen LogP contribution is 2.35. The highest BCUT2D eigenvalue weighted by Gasteiger charge is 2.41. The topological polar surface area (TPSA) is 75.3 Å². The smallest absolute Gasteiger partial charge is 0.249 e. The summed E-state index contributed by atoms with van der Waals surface area (Å²) in [6.45, 7) is -0.114. The summed E-state index contributed by atoms with van der Waals surface area (Å²) in [5.74, 6) is 5.05. The lowest BCUT2D eigenvalue weighted by Crippen LogP contribution is -2.48. The van der Waals surface area contributed by atoms with Crippen LogP contribution in [0.15, 0.2) is 60.7 Å². The number of hydrogen-bond donors (Lipinski definition) is 3. The molecule has 2 aromatic rings. The summed E-state index contributed by atoms with van der Waals surface area (Å²) in [6.07, 6.45) is 0.268. The quantitative estimate of drug-likeness (QED) is 0.436. The lowest BCUT2D eigenvalue weighted by atomic mass is 9.71. The van der Waals surface area contributed by atoms with E-state index in [1.807, 2.05) is 60.7 Å². The van der Waals surface area contributed by atoms with Crippen molar-refractivity contribution in [3.05, 3.63) is 71.8 Å². The number of hydrazine groups is 1. The summed E-state index contributed by atoms with van der Waals surface area (Å²) in [4.78, 5) is 12.5. The molecule has 2 rings (SSSR count). The molecule has 0 aromatic heterocycles. The van der Waals surface area contributed by atoms with E-state index in [4.69, 9.17) is 5.84 Å². The van der Waals surface area contributed by atoms with Crippen molar-refractivity contribution in [2.24, 2.45) is 5.84 Å². The monoisotopic (exact) mass is 270 g/mol. The molecule has 4 nitrogen and oxygen atoms in total. The van der Waals surface area contributed by atoms with Crippen molar-refractivity contribution in [3.8, 4) is 0 Å². The number of carbonyl (C=O) groups is 1. The second-order valence-electron chi connectivity index (χ2n) is 4.58. The van der Waals surface area contributed by atoms with E-state index >= 15 is 0 Å². The molecule has 0 aliphatic heterocycles. The van der Waals surface area contributed by atoms with Gasteiger partial charge in [-0.05, 0) is 17.5 Å². The third-order valence-corrected chi connectivity index (χ3v) is 3.54. The number of benzene rings is 2. The molecule has 0 bridgehead atoms. The molecule has 0 fully saturated rings. The first kappa shape index (κ1) is 14.2. The molecule has 0 saturated heterocycles. The molecule has 0 spiro atoms. The van der Waals surface area contributed by atoms with E-state index in [1.165, 1.54) is 0 Å². The average molecular weight is 270 g/mol. The Bertz CT molecular complexity index is 516. The van der Waals surface area contributed by atoms with Crippen molar-refractivity contribution in [2.75, 3.05) is 6.61 Å². The molecule has 4 heteroatoms. The molecule has 4 N–H and O–H groups in total. The summed E-state index contributed by atoms with van der Waals surface area (Å²) >= 11 is 0. The first-order chi connectivity index (χ1) is 9.75. The van der Waals surface area contributed by atoms with Gasteiger partial charge < -0.3 is 5.11 Å². The van der Waals surface area contributed by atoms with Crippen molar-refractivity contribution >= 4 is 5.91 Å². The Morgan fingerprint density at radius 2 is 1.45 bits per heavy atom. The Morgan fingerprint density at radius 1 is 1.00 bits per heavy atom. The Labute approximate surface area is 118 Å². The maximum Gasteiger partial charge on any atom is 0.249 e. The number of carbonyl (C=O) groups excluding carboxylic acids is 1. The van der Waals surface area contributed by atoms with Gasteiger partial charge in [0.25, 0.3) is 0 Å². The zero-order valence-corrected chi connectivity index (χ0v) is 11.1. The number of nitrogens with one attached hydrogen (secondary N) is 1. The highest BCUT2D eigenvalue weighted by molar-refractivity contribution is 5.91. The fourth-order valence-electron chi connectivity index (χ4n) is 2.57. The SMILES string of the molecule is NNC(=O)C(CCO)(c1ccccc1)c1ccccc1. The lowest BCUT2D eigenvalue weighted by molar-refractivity contribution is -0.126. The van der Waals surface area contributed by atoms with Crippen LogP contribution in [0.1, 0.15) is 17.5 Å². The molecular formula is C16H18N2O2. The fraction of sp³-hybridized carbons (Fsp3) is 0.188. The Hall–Kier alpha value is -2.17. The first-order valence-corrected chi connectivity index (χ1v) is 6.48. The number of hydrogen-bond acceptors (Lipinski definition) is 3. The number of aliphatic hydroxyl groups excluding tert-OH is 1. The molecular weight excluding hydrogens is 252 g/mol. The summed E-state index contributed by atoms with van der Waals surface area (Å²) in [6, 6.07) is 18.7. The lowest BCUT2D eigenvalue weighted by Gasteiger charge is -2.32. The van der Waals surface area contributed by atoms with Gasteiger partial charge in [0.2, 0.25) is 5.91 Å². The molecule has 0 saturated carbocycles. The summed E-state index contributed by atoms with van der Waals surface area (Å²) < 4.78 is 0. The van der Waals surface area contributed by atoms with Crippen LogP contribution in [-0.4, -0.2) is 17.6 Å². The number of nitrogens with two attached hydrogens (primary N) is 1. The average Bonchev–Trinajstić information content (AvgIpc) is 2.53. The zero-order valence-electron chi connectivity index (χ0n) is 11.1. The summed E-state index contributed by atoms with van der Waals surface area (Å²) in [5.41, 5.74) is 2.87. The van der Waals surface area contributed by atoms with Crippen LogP contribution in [0, 0.1) is 0 Å². The highest BCUT2D eigenvalue weighted by atomic mass is 16.3. The number of amides is 1. The van der Waals surface area contributed by atoms with Gasteiger partial charge >= 0.3 is 0 Å². The van der Waals surface area contributed by atoms with Crippen LogP contribution in [0.25, 0.3) is 0 Å². The van der Waals surface area contributed by atoms with E-state index < -0.39 is 5.41 Å². The Kier molecular flexibility index (Phi) is 4.50.